The summed E-state index contributed by atoms with van der Waals surface area (Å²) in [5, 5.41) is 14.9. The van der Waals surface area contributed by atoms with Crippen molar-refractivity contribution in [1.29, 1.82) is 0 Å². The smallest absolute Gasteiger partial charge is 0.305 e. The first-order chi connectivity index (χ1) is 20.1. The van der Waals surface area contributed by atoms with Crippen molar-refractivity contribution >= 4 is 22.6 Å². The lowest BCUT2D eigenvalue weighted by atomic mass is 10.00. The number of hydrogen-bond acceptors (Lipinski definition) is 4. The molecular weight excluding hydrogens is 528 g/mol. The normalized spacial score (nSPS) is 12.7. The van der Waals surface area contributed by atoms with Crippen LogP contribution in [0, 0.1) is 6.92 Å². The SMILES string of the molecule is CCCCC(C(=O)N[C@@H](CC(=O)O)c1cccc(OC(C)C)c1)n1cc(C)cc(Cc2ccc3ccccc3c2)c1=O. The van der Waals surface area contributed by atoms with Crippen molar-refractivity contribution in [2.45, 2.75) is 78.0 Å². The summed E-state index contributed by atoms with van der Waals surface area (Å²) in [5.74, 6) is -0.817. The third kappa shape index (κ3) is 7.87. The van der Waals surface area contributed by atoms with Crippen LogP contribution in [0.1, 0.15) is 80.8 Å². The topological polar surface area (TPSA) is 97.6 Å². The molecule has 0 fully saturated rings. The molecule has 4 aromatic rings. The molecule has 0 aliphatic rings. The monoisotopic (exact) mass is 568 g/mol. The van der Waals surface area contributed by atoms with Crippen molar-refractivity contribution in [2.24, 2.45) is 0 Å². The molecule has 42 heavy (non-hydrogen) atoms. The summed E-state index contributed by atoms with van der Waals surface area (Å²) in [5.41, 5.74) is 2.92. The van der Waals surface area contributed by atoms with Gasteiger partial charge in [0.15, 0.2) is 0 Å². The Kier molecular flexibility index (Phi) is 10.2. The molecule has 0 spiro atoms. The van der Waals surface area contributed by atoms with Gasteiger partial charge < -0.3 is 19.7 Å². The number of rotatable bonds is 13. The van der Waals surface area contributed by atoms with Gasteiger partial charge >= 0.3 is 5.97 Å². The number of carboxylic acids is 1. The van der Waals surface area contributed by atoms with Gasteiger partial charge in [0.2, 0.25) is 5.91 Å². The molecule has 4 rings (SSSR count). The number of carboxylic acid groups (broad SMARTS) is 1. The van der Waals surface area contributed by atoms with Crippen LogP contribution in [0.15, 0.2) is 83.8 Å². The molecule has 7 heteroatoms. The lowest BCUT2D eigenvalue weighted by Gasteiger charge is -2.25. The maximum atomic E-state index is 13.9. The molecule has 1 unspecified atom stereocenters. The number of benzene rings is 3. The summed E-state index contributed by atoms with van der Waals surface area (Å²) in [6, 6.07) is 21.7. The number of hydrogen-bond donors (Lipinski definition) is 2. The maximum absolute atomic E-state index is 13.9. The highest BCUT2D eigenvalue weighted by Crippen LogP contribution is 2.25. The van der Waals surface area contributed by atoms with Gasteiger partial charge in [0, 0.05) is 18.2 Å². The van der Waals surface area contributed by atoms with Crippen molar-refractivity contribution < 1.29 is 19.4 Å². The van der Waals surface area contributed by atoms with Crippen LogP contribution in [0.5, 0.6) is 5.75 Å². The average Bonchev–Trinajstić information content (AvgIpc) is 2.94. The van der Waals surface area contributed by atoms with Gasteiger partial charge in [-0.3, -0.25) is 14.4 Å². The Hall–Kier alpha value is -4.39. The second kappa shape index (κ2) is 14.0. The van der Waals surface area contributed by atoms with Crippen LogP contribution in [-0.2, 0) is 16.0 Å². The van der Waals surface area contributed by atoms with Crippen LogP contribution in [-0.4, -0.2) is 27.7 Å². The standard InChI is InChI=1S/C35H40N2O5/c1-5-6-14-32(34(40)36-31(21-33(38)39)28-12-9-13-30(20-28)42-23(2)3)37-22-24(4)17-29(35(37)41)19-25-15-16-26-10-7-8-11-27(26)18-25/h7-13,15-18,20,22-23,31-32H,5-6,14,19,21H2,1-4H3,(H,36,40)(H,38,39)/t31-,32?/m0/s1. The number of nitrogens with one attached hydrogen (secondary N) is 1. The molecule has 0 aliphatic carbocycles. The van der Waals surface area contributed by atoms with E-state index in [1.54, 1.807) is 30.5 Å². The van der Waals surface area contributed by atoms with Gasteiger partial charge in [-0.05, 0) is 72.9 Å². The van der Waals surface area contributed by atoms with E-state index in [9.17, 15) is 19.5 Å². The number of carbonyl (C=O) groups is 2. The molecule has 0 bridgehead atoms. The average molecular weight is 569 g/mol. The third-order valence-corrected chi connectivity index (χ3v) is 7.26. The highest BCUT2D eigenvalue weighted by atomic mass is 16.5. The van der Waals surface area contributed by atoms with Gasteiger partial charge in [0.1, 0.15) is 11.8 Å². The van der Waals surface area contributed by atoms with E-state index < -0.39 is 18.1 Å². The molecule has 0 aliphatic heterocycles. The zero-order valence-corrected chi connectivity index (χ0v) is 24.8. The summed E-state index contributed by atoms with van der Waals surface area (Å²) in [4.78, 5) is 39.5. The first kappa shape index (κ1) is 30.6. The van der Waals surface area contributed by atoms with Crippen LogP contribution in [0.2, 0.25) is 0 Å². The maximum Gasteiger partial charge on any atom is 0.305 e. The Bertz CT molecular complexity index is 1610. The fraction of sp³-hybridized carbons (Fsp3) is 0.343. The second-order valence-electron chi connectivity index (χ2n) is 11.2. The number of amides is 1. The number of pyridine rings is 1. The number of unbranched alkanes of at least 4 members (excludes halogenated alkanes) is 1. The van der Waals surface area contributed by atoms with E-state index in [2.05, 4.69) is 29.6 Å². The minimum Gasteiger partial charge on any atom is -0.491 e. The predicted molar refractivity (Wildman–Crippen MR) is 166 cm³/mol. The zero-order chi connectivity index (χ0) is 30.2. The number of aromatic nitrogens is 1. The van der Waals surface area contributed by atoms with Crippen LogP contribution >= 0.6 is 0 Å². The number of aliphatic carboxylic acids is 1. The molecule has 7 nitrogen and oxygen atoms in total. The van der Waals surface area contributed by atoms with Crippen LogP contribution in [0.25, 0.3) is 10.8 Å². The molecule has 1 heterocycles. The minimum atomic E-state index is -1.04. The highest BCUT2D eigenvalue weighted by Gasteiger charge is 2.27. The van der Waals surface area contributed by atoms with E-state index in [-0.39, 0.29) is 24.0 Å². The molecule has 0 saturated carbocycles. The summed E-state index contributed by atoms with van der Waals surface area (Å²) in [6.45, 7) is 7.78. The summed E-state index contributed by atoms with van der Waals surface area (Å²) in [6.07, 6.45) is 3.86. The fourth-order valence-corrected chi connectivity index (χ4v) is 5.31. The Labute approximate surface area is 247 Å². The van der Waals surface area contributed by atoms with Gasteiger partial charge in [0.05, 0.1) is 18.6 Å². The van der Waals surface area contributed by atoms with Gasteiger partial charge in [0.25, 0.3) is 5.56 Å². The first-order valence-corrected chi connectivity index (χ1v) is 14.6. The molecular formula is C35H40N2O5. The Morgan fingerprint density at radius 1 is 0.976 bits per heavy atom. The second-order valence-corrected chi connectivity index (χ2v) is 11.2. The lowest BCUT2D eigenvalue weighted by Crippen LogP contribution is -2.40. The molecule has 0 saturated heterocycles. The van der Waals surface area contributed by atoms with E-state index in [4.69, 9.17) is 4.74 Å². The zero-order valence-electron chi connectivity index (χ0n) is 24.8. The lowest BCUT2D eigenvalue weighted by molar-refractivity contribution is -0.138. The van der Waals surface area contributed by atoms with E-state index in [1.807, 2.05) is 52.0 Å². The number of fused-ring (bicyclic) bond motifs is 1. The first-order valence-electron chi connectivity index (χ1n) is 14.6. The van der Waals surface area contributed by atoms with Gasteiger partial charge in [-0.1, -0.05) is 74.4 Å². The Morgan fingerprint density at radius 3 is 2.45 bits per heavy atom. The molecule has 2 atom stereocenters. The van der Waals surface area contributed by atoms with Crippen LogP contribution in [0.3, 0.4) is 0 Å². The predicted octanol–water partition coefficient (Wildman–Crippen LogP) is 6.75. The largest absolute Gasteiger partial charge is 0.491 e. The molecule has 2 N–H and O–H groups in total. The summed E-state index contributed by atoms with van der Waals surface area (Å²) in [7, 11) is 0. The number of nitrogens with zero attached hydrogens (tertiary/aromatic N) is 1. The highest BCUT2D eigenvalue weighted by molar-refractivity contribution is 5.83. The van der Waals surface area contributed by atoms with Gasteiger partial charge in [-0.15, -0.1) is 0 Å². The molecule has 1 aromatic heterocycles. The number of carbonyl (C=O) groups excluding carboxylic acids is 1. The fourth-order valence-electron chi connectivity index (χ4n) is 5.31. The minimum absolute atomic E-state index is 0.0526. The summed E-state index contributed by atoms with van der Waals surface area (Å²) < 4.78 is 7.33. The molecule has 0 radical (unpaired) electrons. The van der Waals surface area contributed by atoms with Crippen molar-refractivity contribution in [3.8, 4) is 5.75 Å². The molecule has 3 aromatic carbocycles. The quantitative estimate of drug-likeness (QED) is 0.186. The molecule has 220 valence electrons. The van der Waals surface area contributed by atoms with Crippen molar-refractivity contribution in [3.63, 3.8) is 0 Å². The van der Waals surface area contributed by atoms with E-state index in [1.165, 1.54) is 4.57 Å². The summed E-state index contributed by atoms with van der Waals surface area (Å²) >= 11 is 0. The van der Waals surface area contributed by atoms with E-state index >= 15 is 0 Å². The van der Waals surface area contributed by atoms with Crippen molar-refractivity contribution in [1.82, 2.24) is 9.88 Å². The number of aryl methyl sites for hydroxylation is 1. The van der Waals surface area contributed by atoms with E-state index in [0.717, 1.165) is 34.7 Å². The number of ether oxygens (including phenoxy) is 1. The molecule has 1 amide bonds. The Balaban J connectivity index is 1.66. The van der Waals surface area contributed by atoms with Crippen molar-refractivity contribution in [2.75, 3.05) is 0 Å². The van der Waals surface area contributed by atoms with E-state index in [0.29, 0.717) is 29.7 Å². The third-order valence-electron chi connectivity index (χ3n) is 7.26. The van der Waals surface area contributed by atoms with Gasteiger partial charge in [-0.25, -0.2) is 0 Å². The van der Waals surface area contributed by atoms with Gasteiger partial charge in [-0.2, -0.15) is 0 Å². The van der Waals surface area contributed by atoms with Crippen LogP contribution < -0.4 is 15.6 Å². The van der Waals surface area contributed by atoms with Crippen LogP contribution in [0.4, 0.5) is 0 Å². The van der Waals surface area contributed by atoms with Crippen molar-refractivity contribution in [3.05, 3.63) is 112 Å². The Morgan fingerprint density at radius 2 is 1.74 bits per heavy atom.